The summed E-state index contributed by atoms with van der Waals surface area (Å²) in [5.41, 5.74) is 2.03. The van der Waals surface area contributed by atoms with Gasteiger partial charge in [-0.2, -0.15) is 0 Å². The molecule has 6 heteroatoms. The van der Waals surface area contributed by atoms with Gasteiger partial charge in [-0.25, -0.2) is 0 Å². The van der Waals surface area contributed by atoms with Crippen LogP contribution in [0.3, 0.4) is 0 Å². The fraction of sp³-hybridized carbons (Fsp3) is 0.375. The molecule has 1 heterocycles. The fourth-order valence-electron chi connectivity index (χ4n) is 3.37. The Morgan fingerprint density at radius 2 is 1.90 bits per heavy atom. The maximum absolute atomic E-state index is 12.6. The lowest BCUT2D eigenvalue weighted by molar-refractivity contribution is -0.124. The molecule has 1 N–H and O–H groups in total. The predicted molar refractivity (Wildman–Crippen MR) is 116 cm³/mol. The van der Waals surface area contributed by atoms with Crippen molar-refractivity contribution in [3.63, 3.8) is 0 Å². The summed E-state index contributed by atoms with van der Waals surface area (Å²) in [6.07, 6.45) is 2.56. The number of hydrogen-bond donors (Lipinski definition) is 1. The first-order valence-corrected chi connectivity index (χ1v) is 10.1. The zero-order chi connectivity index (χ0) is 21.5. The van der Waals surface area contributed by atoms with Crippen molar-refractivity contribution >= 4 is 5.91 Å². The predicted octanol–water partition coefficient (Wildman–Crippen LogP) is 4.09. The lowest BCUT2D eigenvalue weighted by atomic mass is 9.95. The summed E-state index contributed by atoms with van der Waals surface area (Å²) in [5, 5.41) is 3.06. The van der Waals surface area contributed by atoms with E-state index < -0.39 is 0 Å². The van der Waals surface area contributed by atoms with Crippen LogP contribution in [0.15, 0.2) is 49.1 Å². The Bertz CT molecular complexity index is 893. The van der Waals surface area contributed by atoms with Crippen LogP contribution in [0.1, 0.15) is 31.0 Å². The molecule has 30 heavy (non-hydrogen) atoms. The third-order valence-corrected chi connectivity index (χ3v) is 4.88. The number of amides is 1. The van der Waals surface area contributed by atoms with Gasteiger partial charge in [-0.1, -0.05) is 32.1 Å². The van der Waals surface area contributed by atoms with Gasteiger partial charge < -0.3 is 24.3 Å². The third kappa shape index (κ3) is 5.26. The van der Waals surface area contributed by atoms with E-state index in [4.69, 9.17) is 18.9 Å². The maximum atomic E-state index is 12.6. The highest BCUT2D eigenvalue weighted by atomic mass is 16.6. The Balaban J connectivity index is 1.65. The smallest absolute Gasteiger partial charge is 0.258 e. The van der Waals surface area contributed by atoms with Gasteiger partial charge in [-0.15, -0.1) is 6.58 Å². The van der Waals surface area contributed by atoms with Crippen LogP contribution in [0.5, 0.6) is 23.0 Å². The van der Waals surface area contributed by atoms with Crippen LogP contribution in [-0.2, 0) is 11.2 Å². The second-order valence-corrected chi connectivity index (χ2v) is 7.46. The highest BCUT2D eigenvalue weighted by molar-refractivity contribution is 5.78. The molecular weight excluding hydrogens is 382 g/mol. The molecule has 1 unspecified atom stereocenters. The molecule has 0 aromatic heterocycles. The number of carbonyl (C=O) groups excluding carboxylic acids is 1. The minimum Gasteiger partial charge on any atom is -0.493 e. The monoisotopic (exact) mass is 411 g/mol. The summed E-state index contributed by atoms with van der Waals surface area (Å²) in [4.78, 5) is 12.6. The van der Waals surface area contributed by atoms with Gasteiger partial charge in [0, 0.05) is 0 Å². The number of carbonyl (C=O) groups is 1. The fourth-order valence-corrected chi connectivity index (χ4v) is 3.37. The lowest BCUT2D eigenvalue weighted by Crippen LogP contribution is -2.35. The van der Waals surface area contributed by atoms with E-state index >= 15 is 0 Å². The van der Waals surface area contributed by atoms with Crippen molar-refractivity contribution in [3.8, 4) is 23.0 Å². The first kappa shape index (κ1) is 21.6. The van der Waals surface area contributed by atoms with E-state index in [0.29, 0.717) is 30.5 Å². The van der Waals surface area contributed by atoms with Crippen LogP contribution >= 0.6 is 0 Å². The second kappa shape index (κ2) is 10.1. The van der Waals surface area contributed by atoms with Gasteiger partial charge in [0.05, 0.1) is 13.2 Å². The van der Waals surface area contributed by atoms with E-state index in [9.17, 15) is 4.79 Å². The first-order valence-electron chi connectivity index (χ1n) is 10.1. The normalized spacial score (nSPS) is 13.5. The van der Waals surface area contributed by atoms with Gasteiger partial charge in [0.1, 0.15) is 13.2 Å². The summed E-state index contributed by atoms with van der Waals surface area (Å²) >= 11 is 0. The van der Waals surface area contributed by atoms with Gasteiger partial charge in [0.25, 0.3) is 5.91 Å². The molecule has 0 fully saturated rings. The zero-order valence-electron chi connectivity index (χ0n) is 17.8. The third-order valence-electron chi connectivity index (χ3n) is 4.88. The summed E-state index contributed by atoms with van der Waals surface area (Å²) in [6.45, 7) is 8.83. The number of methoxy groups -OCH3 is 1. The summed E-state index contributed by atoms with van der Waals surface area (Å²) < 4.78 is 22.4. The number of fused-ring (bicyclic) bond motifs is 1. The summed E-state index contributed by atoms with van der Waals surface area (Å²) in [7, 11) is 1.58. The van der Waals surface area contributed by atoms with Crippen LogP contribution in [0.4, 0.5) is 0 Å². The molecular formula is C24H29NO5. The van der Waals surface area contributed by atoms with E-state index in [2.05, 4.69) is 25.7 Å². The van der Waals surface area contributed by atoms with Crippen LogP contribution in [0.25, 0.3) is 0 Å². The molecule has 0 radical (unpaired) electrons. The van der Waals surface area contributed by atoms with Crippen molar-refractivity contribution in [2.75, 3.05) is 26.9 Å². The average molecular weight is 411 g/mol. The van der Waals surface area contributed by atoms with Crippen LogP contribution in [0.2, 0.25) is 0 Å². The van der Waals surface area contributed by atoms with Crippen molar-refractivity contribution in [2.24, 2.45) is 5.92 Å². The number of allylic oxidation sites excluding steroid dienone is 1. The van der Waals surface area contributed by atoms with Crippen molar-refractivity contribution < 1.29 is 23.7 Å². The topological polar surface area (TPSA) is 66.0 Å². The molecule has 2 aromatic rings. The average Bonchev–Trinajstić information content (AvgIpc) is 2.76. The van der Waals surface area contributed by atoms with Gasteiger partial charge >= 0.3 is 0 Å². The van der Waals surface area contributed by atoms with Gasteiger partial charge in [0.15, 0.2) is 29.6 Å². The SMILES string of the molecule is C=CCc1ccc(OCC(=O)NC(c2ccc3c(c2)OCCO3)C(C)C)c(OC)c1. The summed E-state index contributed by atoms with van der Waals surface area (Å²) in [5.74, 6) is 2.54. The van der Waals surface area contributed by atoms with Crippen molar-refractivity contribution in [1.29, 1.82) is 0 Å². The van der Waals surface area contributed by atoms with Gasteiger partial charge in [-0.05, 0) is 47.7 Å². The van der Waals surface area contributed by atoms with Gasteiger partial charge in [0.2, 0.25) is 0 Å². The molecule has 0 saturated carbocycles. The van der Waals surface area contributed by atoms with Crippen LogP contribution in [-0.4, -0.2) is 32.8 Å². The number of nitrogens with one attached hydrogen (secondary N) is 1. The van der Waals surface area contributed by atoms with Crippen LogP contribution in [0, 0.1) is 5.92 Å². The van der Waals surface area contributed by atoms with E-state index in [-0.39, 0.29) is 24.5 Å². The highest BCUT2D eigenvalue weighted by Crippen LogP contribution is 2.34. The molecule has 1 aliphatic heterocycles. The Morgan fingerprint density at radius 3 is 2.60 bits per heavy atom. The maximum Gasteiger partial charge on any atom is 0.258 e. The minimum atomic E-state index is -0.208. The lowest BCUT2D eigenvalue weighted by Gasteiger charge is -2.25. The van der Waals surface area contributed by atoms with E-state index in [1.54, 1.807) is 7.11 Å². The largest absolute Gasteiger partial charge is 0.493 e. The number of benzene rings is 2. The molecule has 160 valence electrons. The molecule has 0 saturated heterocycles. The molecule has 0 spiro atoms. The molecule has 2 aromatic carbocycles. The van der Waals surface area contributed by atoms with E-state index in [1.165, 1.54) is 0 Å². The van der Waals surface area contributed by atoms with Gasteiger partial charge in [-0.3, -0.25) is 4.79 Å². The van der Waals surface area contributed by atoms with E-state index in [1.807, 2.05) is 42.5 Å². The Labute approximate surface area is 177 Å². The Kier molecular flexibility index (Phi) is 7.22. The Morgan fingerprint density at radius 1 is 1.13 bits per heavy atom. The molecule has 3 rings (SSSR count). The first-order chi connectivity index (χ1) is 14.5. The van der Waals surface area contributed by atoms with Crippen LogP contribution < -0.4 is 24.3 Å². The van der Waals surface area contributed by atoms with E-state index in [0.717, 1.165) is 23.3 Å². The number of hydrogen-bond acceptors (Lipinski definition) is 5. The number of ether oxygens (including phenoxy) is 4. The van der Waals surface area contributed by atoms with Crippen molar-refractivity contribution in [3.05, 3.63) is 60.2 Å². The standard InChI is InChI=1S/C24H29NO5/c1-5-6-17-7-9-19(21(13-17)27-4)30-15-23(26)25-24(16(2)3)18-8-10-20-22(14-18)29-12-11-28-20/h5,7-10,13-14,16,24H,1,6,11-12,15H2,2-4H3,(H,25,26). The second-order valence-electron chi connectivity index (χ2n) is 7.46. The molecule has 6 nitrogen and oxygen atoms in total. The molecule has 1 amide bonds. The quantitative estimate of drug-likeness (QED) is 0.630. The molecule has 0 bridgehead atoms. The highest BCUT2D eigenvalue weighted by Gasteiger charge is 2.22. The summed E-state index contributed by atoms with van der Waals surface area (Å²) in [6, 6.07) is 11.2. The number of rotatable bonds is 9. The zero-order valence-corrected chi connectivity index (χ0v) is 17.8. The molecule has 1 aliphatic rings. The molecule has 1 atom stereocenters. The van der Waals surface area contributed by atoms with Crippen molar-refractivity contribution in [1.82, 2.24) is 5.32 Å². The molecule has 0 aliphatic carbocycles. The minimum absolute atomic E-state index is 0.106. The Hall–Kier alpha value is -3.15. The van der Waals surface area contributed by atoms with Crippen molar-refractivity contribution in [2.45, 2.75) is 26.3 Å².